The Balaban J connectivity index is 1.24. The van der Waals surface area contributed by atoms with E-state index in [1.165, 1.54) is 32.1 Å². The minimum absolute atomic E-state index is 0.0992. The molecule has 1 N–H and O–H groups in total. The molecule has 4 aliphatic rings. The van der Waals surface area contributed by atoms with Gasteiger partial charge in [-0.15, -0.1) is 0 Å². The highest BCUT2D eigenvalue weighted by Crippen LogP contribution is 2.66. The standard InChI is InChI=1S/C27H37NO3/c1-26-16-14-22-20(10-12-23-27(22,2)17-15-24(29)28-23)21(26)11-8-18(26)9-13-25(30)31-19-6-4-3-5-7-19/h3-7,18,20-23H,8-17H2,1-2H3,(H,28,29)/t18-,20+,21+,22+,23-,26-,27-/m1/s1. The minimum atomic E-state index is -0.0992. The van der Waals surface area contributed by atoms with Crippen LogP contribution in [0.2, 0.25) is 0 Å². The van der Waals surface area contributed by atoms with E-state index >= 15 is 0 Å². The summed E-state index contributed by atoms with van der Waals surface area (Å²) in [5.74, 6) is 3.73. The number of esters is 1. The molecule has 0 spiro atoms. The Morgan fingerprint density at radius 2 is 1.77 bits per heavy atom. The summed E-state index contributed by atoms with van der Waals surface area (Å²) in [6.07, 6.45) is 10.7. The van der Waals surface area contributed by atoms with E-state index in [1.54, 1.807) is 0 Å². The number of para-hydroxylation sites is 1. The number of nitrogens with one attached hydrogen (secondary N) is 1. The van der Waals surface area contributed by atoms with Crippen molar-refractivity contribution in [2.45, 2.75) is 84.1 Å². The first-order valence-electron chi connectivity index (χ1n) is 12.5. The largest absolute Gasteiger partial charge is 0.427 e. The minimum Gasteiger partial charge on any atom is -0.427 e. The predicted octanol–water partition coefficient (Wildman–Crippen LogP) is 5.51. The quantitative estimate of drug-likeness (QED) is 0.513. The van der Waals surface area contributed by atoms with Gasteiger partial charge in [-0.2, -0.15) is 0 Å². The zero-order chi connectivity index (χ0) is 21.6. The van der Waals surface area contributed by atoms with Crippen LogP contribution in [0.1, 0.15) is 78.1 Å². The second kappa shape index (κ2) is 7.94. The smallest absolute Gasteiger partial charge is 0.311 e. The molecule has 168 valence electrons. The molecule has 5 rings (SSSR count). The van der Waals surface area contributed by atoms with Gasteiger partial charge in [0.2, 0.25) is 5.91 Å². The van der Waals surface area contributed by atoms with Gasteiger partial charge in [-0.05, 0) is 98.0 Å². The van der Waals surface area contributed by atoms with Gasteiger partial charge in [-0.3, -0.25) is 9.59 Å². The molecule has 7 atom stereocenters. The number of carbonyl (C=O) groups is 2. The molecule has 31 heavy (non-hydrogen) atoms. The number of carbonyl (C=O) groups excluding carboxylic acids is 2. The molecule has 1 saturated heterocycles. The van der Waals surface area contributed by atoms with E-state index in [4.69, 9.17) is 4.74 Å². The number of piperidine rings is 1. The van der Waals surface area contributed by atoms with Crippen LogP contribution in [0.4, 0.5) is 0 Å². The first-order chi connectivity index (χ1) is 14.9. The summed E-state index contributed by atoms with van der Waals surface area (Å²) in [7, 11) is 0. The normalized spacial score (nSPS) is 41.5. The molecule has 1 aliphatic heterocycles. The highest BCUT2D eigenvalue weighted by Gasteiger charge is 2.60. The summed E-state index contributed by atoms with van der Waals surface area (Å²) in [6, 6.07) is 9.80. The lowest BCUT2D eigenvalue weighted by molar-refractivity contribution is -0.138. The van der Waals surface area contributed by atoms with E-state index in [0.717, 1.165) is 37.0 Å². The van der Waals surface area contributed by atoms with Crippen LogP contribution in [0.3, 0.4) is 0 Å². The van der Waals surface area contributed by atoms with Crippen LogP contribution in [0.25, 0.3) is 0 Å². The van der Waals surface area contributed by atoms with Crippen LogP contribution >= 0.6 is 0 Å². The van der Waals surface area contributed by atoms with Gasteiger partial charge < -0.3 is 10.1 Å². The summed E-state index contributed by atoms with van der Waals surface area (Å²) < 4.78 is 5.54. The van der Waals surface area contributed by atoms with E-state index in [2.05, 4.69) is 19.2 Å². The van der Waals surface area contributed by atoms with Gasteiger partial charge in [-0.1, -0.05) is 32.0 Å². The number of amides is 1. The van der Waals surface area contributed by atoms with Crippen molar-refractivity contribution >= 4 is 11.9 Å². The average molecular weight is 424 g/mol. The Labute approximate surface area is 186 Å². The molecule has 3 saturated carbocycles. The third kappa shape index (κ3) is 3.60. The fourth-order valence-electron chi connectivity index (χ4n) is 8.25. The van der Waals surface area contributed by atoms with Gasteiger partial charge in [-0.25, -0.2) is 0 Å². The lowest BCUT2D eigenvalue weighted by atomic mass is 9.47. The van der Waals surface area contributed by atoms with Crippen molar-refractivity contribution in [3.8, 4) is 5.75 Å². The molecule has 1 aromatic carbocycles. The fraction of sp³-hybridized carbons (Fsp3) is 0.704. The maximum Gasteiger partial charge on any atom is 0.311 e. The third-order valence-electron chi connectivity index (χ3n) is 9.96. The van der Waals surface area contributed by atoms with Gasteiger partial charge in [0.15, 0.2) is 0 Å². The number of fused-ring (bicyclic) bond motifs is 5. The van der Waals surface area contributed by atoms with E-state index in [-0.39, 0.29) is 17.3 Å². The summed E-state index contributed by atoms with van der Waals surface area (Å²) in [6.45, 7) is 4.98. The second-order valence-corrected chi connectivity index (χ2v) is 11.2. The fourth-order valence-corrected chi connectivity index (χ4v) is 8.25. The third-order valence-corrected chi connectivity index (χ3v) is 9.96. The molecule has 0 bridgehead atoms. The maximum absolute atomic E-state index is 12.4. The summed E-state index contributed by atoms with van der Waals surface area (Å²) >= 11 is 0. The Hall–Kier alpha value is -1.84. The first kappa shape index (κ1) is 21.0. The molecule has 1 heterocycles. The Morgan fingerprint density at radius 3 is 2.58 bits per heavy atom. The lowest BCUT2D eigenvalue weighted by Gasteiger charge is -2.60. The molecule has 3 aliphatic carbocycles. The zero-order valence-corrected chi connectivity index (χ0v) is 19.1. The molecule has 0 unspecified atom stereocenters. The van der Waals surface area contributed by atoms with Crippen molar-refractivity contribution in [1.29, 1.82) is 0 Å². The Kier molecular flexibility index (Phi) is 5.38. The highest BCUT2D eigenvalue weighted by atomic mass is 16.5. The van der Waals surface area contributed by atoms with E-state index in [1.807, 2.05) is 30.3 Å². The van der Waals surface area contributed by atoms with Crippen LogP contribution < -0.4 is 10.1 Å². The van der Waals surface area contributed by atoms with Crippen LogP contribution in [-0.4, -0.2) is 17.9 Å². The molecule has 4 heteroatoms. The molecule has 0 aromatic heterocycles. The zero-order valence-electron chi connectivity index (χ0n) is 19.1. The number of rotatable bonds is 4. The van der Waals surface area contributed by atoms with Crippen LogP contribution in [-0.2, 0) is 9.59 Å². The number of hydrogen-bond donors (Lipinski definition) is 1. The van der Waals surface area contributed by atoms with Crippen molar-refractivity contribution in [2.24, 2.45) is 34.5 Å². The Bertz CT molecular complexity index is 838. The number of ether oxygens (including phenoxy) is 1. The lowest BCUT2D eigenvalue weighted by Crippen LogP contribution is -2.61. The second-order valence-electron chi connectivity index (χ2n) is 11.2. The van der Waals surface area contributed by atoms with Crippen LogP contribution in [0.15, 0.2) is 30.3 Å². The molecule has 0 radical (unpaired) electrons. The van der Waals surface area contributed by atoms with E-state index in [0.29, 0.717) is 36.0 Å². The topological polar surface area (TPSA) is 55.4 Å². The van der Waals surface area contributed by atoms with Crippen molar-refractivity contribution in [1.82, 2.24) is 5.32 Å². The molecule has 4 nitrogen and oxygen atoms in total. The highest BCUT2D eigenvalue weighted by molar-refractivity contribution is 5.77. The Morgan fingerprint density at radius 1 is 1.00 bits per heavy atom. The van der Waals surface area contributed by atoms with Crippen LogP contribution in [0, 0.1) is 34.5 Å². The van der Waals surface area contributed by atoms with Gasteiger partial charge >= 0.3 is 5.97 Å². The van der Waals surface area contributed by atoms with Gasteiger partial charge in [0.1, 0.15) is 5.75 Å². The van der Waals surface area contributed by atoms with E-state index < -0.39 is 0 Å². The van der Waals surface area contributed by atoms with Gasteiger partial charge in [0.05, 0.1) is 0 Å². The molecular weight excluding hydrogens is 386 g/mol. The first-order valence-corrected chi connectivity index (χ1v) is 12.5. The van der Waals surface area contributed by atoms with Crippen molar-refractivity contribution in [3.05, 3.63) is 30.3 Å². The van der Waals surface area contributed by atoms with Gasteiger partial charge in [0, 0.05) is 18.9 Å². The van der Waals surface area contributed by atoms with Crippen molar-refractivity contribution in [2.75, 3.05) is 0 Å². The molecule has 1 aromatic rings. The SMILES string of the molecule is C[C@]12CCC(=O)N[C@@H]1CC[C@@H]1[C@@H]2CC[C@]2(C)[C@@H](CCC(=O)Oc3ccccc3)CC[C@@H]12. The predicted molar refractivity (Wildman–Crippen MR) is 120 cm³/mol. The average Bonchev–Trinajstić information content (AvgIpc) is 3.10. The maximum atomic E-state index is 12.4. The van der Waals surface area contributed by atoms with Crippen LogP contribution in [0.5, 0.6) is 5.75 Å². The van der Waals surface area contributed by atoms with E-state index in [9.17, 15) is 9.59 Å². The summed E-state index contributed by atoms with van der Waals surface area (Å²) in [5.41, 5.74) is 0.630. The van der Waals surface area contributed by atoms with Crippen molar-refractivity contribution in [3.63, 3.8) is 0 Å². The molecule has 1 amide bonds. The number of hydrogen-bond acceptors (Lipinski definition) is 3. The summed E-state index contributed by atoms with van der Waals surface area (Å²) in [5, 5.41) is 3.33. The van der Waals surface area contributed by atoms with Crippen molar-refractivity contribution < 1.29 is 14.3 Å². The number of benzene rings is 1. The molecular formula is C27H37NO3. The van der Waals surface area contributed by atoms with Gasteiger partial charge in [0.25, 0.3) is 0 Å². The molecule has 4 fully saturated rings. The summed E-state index contributed by atoms with van der Waals surface area (Å²) in [4.78, 5) is 24.4. The monoisotopic (exact) mass is 423 g/mol.